The largest absolute Gasteiger partial charge is 0.378 e. The monoisotopic (exact) mass is 262 g/mol. The fraction of sp³-hybridized carbons (Fsp3) is 0.0588. The van der Waals surface area contributed by atoms with E-state index in [1.54, 1.807) is 6.20 Å². The van der Waals surface area contributed by atoms with Crippen molar-refractivity contribution >= 4 is 22.4 Å². The number of ketones is 1. The average molecular weight is 262 g/mol. The number of fused-ring (bicyclic) bond motifs is 1. The van der Waals surface area contributed by atoms with Gasteiger partial charge in [-0.25, -0.2) is 0 Å². The molecule has 0 radical (unpaired) electrons. The molecule has 0 saturated heterocycles. The minimum absolute atomic E-state index is 0.0400. The Balaban J connectivity index is 1.82. The van der Waals surface area contributed by atoms with Gasteiger partial charge in [0.25, 0.3) is 0 Å². The van der Waals surface area contributed by atoms with Crippen molar-refractivity contribution in [1.29, 1.82) is 0 Å². The highest BCUT2D eigenvalue weighted by molar-refractivity contribution is 6.08. The fourth-order valence-corrected chi connectivity index (χ4v) is 2.16. The summed E-state index contributed by atoms with van der Waals surface area (Å²) in [5.41, 5.74) is 2.36. The smallest absolute Gasteiger partial charge is 0.184 e. The topological polar surface area (TPSA) is 42.0 Å². The quantitative estimate of drug-likeness (QED) is 0.731. The summed E-state index contributed by atoms with van der Waals surface area (Å²) >= 11 is 0. The molecule has 3 heteroatoms. The van der Waals surface area contributed by atoms with E-state index in [1.807, 2.05) is 60.7 Å². The molecule has 0 aliphatic carbocycles. The molecule has 3 nitrogen and oxygen atoms in total. The molecular formula is C17H14N2O. The summed E-state index contributed by atoms with van der Waals surface area (Å²) in [6, 6.07) is 19.2. The Bertz CT molecular complexity index is 733. The van der Waals surface area contributed by atoms with E-state index in [-0.39, 0.29) is 12.3 Å². The highest BCUT2D eigenvalue weighted by Crippen LogP contribution is 2.16. The van der Waals surface area contributed by atoms with Crippen LogP contribution in [0.2, 0.25) is 0 Å². The first-order valence-electron chi connectivity index (χ1n) is 6.50. The van der Waals surface area contributed by atoms with Gasteiger partial charge in [0.1, 0.15) is 0 Å². The molecule has 0 aliphatic heterocycles. The number of nitrogens with zero attached hydrogens (tertiary/aromatic N) is 1. The van der Waals surface area contributed by atoms with Gasteiger partial charge < -0.3 is 5.32 Å². The van der Waals surface area contributed by atoms with Gasteiger partial charge in [-0.15, -0.1) is 0 Å². The van der Waals surface area contributed by atoms with Crippen molar-refractivity contribution in [2.45, 2.75) is 0 Å². The number of benzene rings is 2. The van der Waals surface area contributed by atoms with Crippen LogP contribution in [0.5, 0.6) is 0 Å². The van der Waals surface area contributed by atoms with Gasteiger partial charge in [0.2, 0.25) is 0 Å². The first-order chi connectivity index (χ1) is 9.84. The molecule has 98 valence electrons. The summed E-state index contributed by atoms with van der Waals surface area (Å²) in [4.78, 5) is 16.6. The van der Waals surface area contributed by atoms with E-state index in [0.29, 0.717) is 5.56 Å². The van der Waals surface area contributed by atoms with Gasteiger partial charge in [0, 0.05) is 22.8 Å². The maximum Gasteiger partial charge on any atom is 0.184 e. The Labute approximate surface area is 117 Å². The number of para-hydroxylation sites is 2. The number of hydrogen-bond acceptors (Lipinski definition) is 3. The van der Waals surface area contributed by atoms with E-state index in [2.05, 4.69) is 10.3 Å². The Hall–Kier alpha value is -2.68. The molecule has 0 aliphatic rings. The highest BCUT2D eigenvalue weighted by Gasteiger charge is 2.10. The Kier molecular flexibility index (Phi) is 3.42. The zero-order chi connectivity index (χ0) is 13.8. The lowest BCUT2D eigenvalue weighted by molar-refractivity contribution is 0.101. The van der Waals surface area contributed by atoms with Crippen molar-refractivity contribution < 1.29 is 4.79 Å². The number of anilines is 1. The zero-order valence-corrected chi connectivity index (χ0v) is 10.9. The van der Waals surface area contributed by atoms with Gasteiger partial charge in [-0.3, -0.25) is 9.78 Å². The van der Waals surface area contributed by atoms with E-state index in [0.717, 1.165) is 16.6 Å². The van der Waals surface area contributed by atoms with E-state index in [4.69, 9.17) is 0 Å². The molecule has 0 fully saturated rings. The zero-order valence-electron chi connectivity index (χ0n) is 10.9. The standard InChI is InChI=1S/C17H14N2O/c20-16(12-19-14-8-2-1-3-9-14)15-10-4-6-13-7-5-11-18-17(13)15/h1-11,19H,12H2. The minimum Gasteiger partial charge on any atom is -0.378 e. The molecule has 2 aromatic carbocycles. The number of Topliss-reactive ketones (excluding diaryl/α,β-unsaturated/α-hetero) is 1. The lowest BCUT2D eigenvalue weighted by Gasteiger charge is -2.07. The third-order valence-corrected chi connectivity index (χ3v) is 3.16. The summed E-state index contributed by atoms with van der Waals surface area (Å²) in [5, 5.41) is 4.11. The van der Waals surface area contributed by atoms with Crippen molar-refractivity contribution in [3.05, 3.63) is 72.4 Å². The maximum atomic E-state index is 12.3. The van der Waals surface area contributed by atoms with Crippen LogP contribution in [0.1, 0.15) is 10.4 Å². The van der Waals surface area contributed by atoms with Crippen LogP contribution in [0, 0.1) is 0 Å². The molecule has 1 N–H and O–H groups in total. The predicted molar refractivity (Wildman–Crippen MR) is 81.0 cm³/mol. The van der Waals surface area contributed by atoms with E-state index >= 15 is 0 Å². The van der Waals surface area contributed by atoms with Gasteiger partial charge >= 0.3 is 0 Å². The molecule has 3 aromatic rings. The number of hydrogen-bond donors (Lipinski definition) is 1. The number of aromatic nitrogens is 1. The summed E-state index contributed by atoms with van der Waals surface area (Å²) in [6.45, 7) is 0.264. The predicted octanol–water partition coefficient (Wildman–Crippen LogP) is 3.53. The van der Waals surface area contributed by atoms with Crippen LogP contribution in [-0.4, -0.2) is 17.3 Å². The second kappa shape index (κ2) is 5.53. The molecule has 3 rings (SSSR count). The van der Waals surface area contributed by atoms with Gasteiger partial charge in [-0.05, 0) is 24.3 Å². The van der Waals surface area contributed by atoms with Crippen molar-refractivity contribution in [2.24, 2.45) is 0 Å². The molecule has 0 amide bonds. The summed E-state index contributed by atoms with van der Waals surface area (Å²) in [5.74, 6) is 0.0400. The molecule has 1 heterocycles. The van der Waals surface area contributed by atoms with Crippen molar-refractivity contribution in [3.8, 4) is 0 Å². The SMILES string of the molecule is O=C(CNc1ccccc1)c1cccc2cccnc12. The Morgan fingerprint density at radius 2 is 1.75 bits per heavy atom. The van der Waals surface area contributed by atoms with Crippen LogP contribution in [0.15, 0.2) is 66.9 Å². The molecular weight excluding hydrogens is 248 g/mol. The molecule has 20 heavy (non-hydrogen) atoms. The number of rotatable bonds is 4. The second-order valence-corrected chi connectivity index (χ2v) is 4.52. The van der Waals surface area contributed by atoms with Crippen molar-refractivity contribution in [3.63, 3.8) is 0 Å². The lowest BCUT2D eigenvalue weighted by Crippen LogP contribution is -2.14. The van der Waals surface area contributed by atoms with Crippen LogP contribution in [0.3, 0.4) is 0 Å². The molecule has 0 bridgehead atoms. The second-order valence-electron chi connectivity index (χ2n) is 4.52. The molecule has 0 saturated carbocycles. The summed E-state index contributed by atoms with van der Waals surface area (Å²) in [7, 11) is 0. The number of carbonyl (C=O) groups is 1. The Morgan fingerprint density at radius 3 is 2.60 bits per heavy atom. The Morgan fingerprint density at radius 1 is 0.950 bits per heavy atom. The third-order valence-electron chi connectivity index (χ3n) is 3.16. The van der Waals surface area contributed by atoms with E-state index < -0.39 is 0 Å². The van der Waals surface area contributed by atoms with Crippen LogP contribution in [-0.2, 0) is 0 Å². The number of carbonyl (C=O) groups excluding carboxylic acids is 1. The van der Waals surface area contributed by atoms with Crippen LogP contribution >= 0.6 is 0 Å². The first kappa shape index (κ1) is 12.4. The summed E-state index contributed by atoms with van der Waals surface area (Å²) < 4.78 is 0. The lowest BCUT2D eigenvalue weighted by atomic mass is 10.1. The first-order valence-corrected chi connectivity index (χ1v) is 6.50. The minimum atomic E-state index is 0.0400. The molecule has 1 aromatic heterocycles. The van der Waals surface area contributed by atoms with E-state index in [1.165, 1.54) is 0 Å². The van der Waals surface area contributed by atoms with Gasteiger partial charge in [-0.1, -0.05) is 36.4 Å². The average Bonchev–Trinajstić information content (AvgIpc) is 2.53. The third kappa shape index (κ3) is 2.52. The van der Waals surface area contributed by atoms with Gasteiger partial charge in [-0.2, -0.15) is 0 Å². The van der Waals surface area contributed by atoms with Crippen molar-refractivity contribution in [1.82, 2.24) is 4.98 Å². The molecule has 0 atom stereocenters. The fourth-order valence-electron chi connectivity index (χ4n) is 2.16. The summed E-state index contributed by atoms with van der Waals surface area (Å²) in [6.07, 6.45) is 1.71. The number of pyridine rings is 1. The highest BCUT2D eigenvalue weighted by atomic mass is 16.1. The van der Waals surface area contributed by atoms with Gasteiger partial charge in [0.05, 0.1) is 12.1 Å². The van der Waals surface area contributed by atoms with Crippen LogP contribution < -0.4 is 5.32 Å². The van der Waals surface area contributed by atoms with E-state index in [9.17, 15) is 4.79 Å². The van der Waals surface area contributed by atoms with Crippen LogP contribution in [0.25, 0.3) is 10.9 Å². The molecule has 0 unspecified atom stereocenters. The molecule has 0 spiro atoms. The van der Waals surface area contributed by atoms with Crippen molar-refractivity contribution in [2.75, 3.05) is 11.9 Å². The van der Waals surface area contributed by atoms with Crippen LogP contribution in [0.4, 0.5) is 5.69 Å². The van der Waals surface area contributed by atoms with Gasteiger partial charge in [0.15, 0.2) is 5.78 Å². The normalized spacial score (nSPS) is 10.4. The number of nitrogens with one attached hydrogen (secondary N) is 1. The maximum absolute atomic E-state index is 12.3.